The Morgan fingerprint density at radius 2 is 1.79 bits per heavy atom. The van der Waals surface area contributed by atoms with Gasteiger partial charge in [-0.25, -0.2) is 13.2 Å². The van der Waals surface area contributed by atoms with Crippen LogP contribution in [0.25, 0.3) is 0 Å². The zero-order valence-corrected chi connectivity index (χ0v) is 18.4. The fraction of sp³-hybridized carbons (Fsp3) is 0.350. The number of rotatable bonds is 7. The number of nitrogens with zero attached hydrogens (tertiary/aromatic N) is 1. The predicted octanol–water partition coefficient (Wildman–Crippen LogP) is 3.01. The molecule has 9 heteroatoms. The van der Waals surface area contributed by atoms with E-state index in [1.54, 1.807) is 25.1 Å². The second-order valence-electron chi connectivity index (χ2n) is 6.43. The average molecular weight is 484 g/mol. The highest BCUT2D eigenvalue weighted by Gasteiger charge is 2.27. The van der Waals surface area contributed by atoms with E-state index in [9.17, 15) is 13.2 Å². The van der Waals surface area contributed by atoms with E-state index in [1.165, 1.54) is 16.4 Å². The number of benzene rings is 2. The van der Waals surface area contributed by atoms with Crippen LogP contribution in [-0.2, 0) is 19.5 Å². The highest BCUT2D eigenvalue weighted by Crippen LogP contribution is 2.21. The summed E-state index contributed by atoms with van der Waals surface area (Å²) in [4.78, 5) is 12.5. The van der Waals surface area contributed by atoms with Crippen LogP contribution in [0.1, 0.15) is 15.9 Å². The molecule has 7 nitrogen and oxygen atoms in total. The smallest absolute Gasteiger partial charge is 0.338 e. The largest absolute Gasteiger partial charge is 0.490 e. The van der Waals surface area contributed by atoms with Gasteiger partial charge < -0.3 is 14.2 Å². The molecular weight excluding hydrogens is 462 g/mol. The minimum atomic E-state index is -3.68. The third kappa shape index (κ3) is 5.57. The van der Waals surface area contributed by atoms with Gasteiger partial charge in [-0.1, -0.05) is 22.0 Å². The fourth-order valence-electron chi connectivity index (χ4n) is 2.82. The van der Waals surface area contributed by atoms with Crippen LogP contribution in [0.2, 0.25) is 0 Å². The Kier molecular flexibility index (Phi) is 7.28. The zero-order chi connectivity index (χ0) is 20.9. The standard InChI is InChI=1S/C20H22BrNO6S/c1-15-2-7-18(29(24,25)22-8-10-26-11-9-22)14-19(15)20(23)28-13-12-27-17-5-3-16(21)4-6-17/h2-7,14H,8-13H2,1H3. The molecule has 0 bridgehead atoms. The summed E-state index contributed by atoms with van der Waals surface area (Å²) >= 11 is 3.35. The van der Waals surface area contributed by atoms with Crippen molar-refractivity contribution in [3.8, 4) is 5.75 Å². The molecule has 29 heavy (non-hydrogen) atoms. The number of esters is 1. The van der Waals surface area contributed by atoms with Crippen LogP contribution in [0.5, 0.6) is 5.75 Å². The van der Waals surface area contributed by atoms with Crippen LogP contribution in [-0.4, -0.2) is 58.2 Å². The molecule has 2 aromatic rings. The summed E-state index contributed by atoms with van der Waals surface area (Å²) in [5.74, 6) is 0.0833. The van der Waals surface area contributed by atoms with Gasteiger partial charge in [0.05, 0.1) is 23.7 Å². The molecule has 156 valence electrons. The van der Waals surface area contributed by atoms with E-state index in [0.717, 1.165) is 4.47 Å². The molecule has 2 aromatic carbocycles. The van der Waals surface area contributed by atoms with Crippen molar-refractivity contribution < 1.29 is 27.4 Å². The van der Waals surface area contributed by atoms with Gasteiger partial charge in [-0.2, -0.15) is 4.31 Å². The van der Waals surface area contributed by atoms with Crippen LogP contribution in [0, 0.1) is 6.92 Å². The number of carbonyl (C=O) groups excluding carboxylic acids is 1. The summed E-state index contributed by atoms with van der Waals surface area (Å²) in [6.07, 6.45) is 0. The summed E-state index contributed by atoms with van der Waals surface area (Å²) in [5.41, 5.74) is 0.868. The zero-order valence-electron chi connectivity index (χ0n) is 16.0. The molecule has 1 aliphatic heterocycles. The van der Waals surface area contributed by atoms with E-state index in [1.807, 2.05) is 12.1 Å². The maximum atomic E-state index is 12.8. The number of morpholine rings is 1. The second-order valence-corrected chi connectivity index (χ2v) is 9.29. The SMILES string of the molecule is Cc1ccc(S(=O)(=O)N2CCOCC2)cc1C(=O)OCCOc1ccc(Br)cc1. The van der Waals surface area contributed by atoms with E-state index in [-0.39, 0.29) is 23.7 Å². The number of hydrogen-bond donors (Lipinski definition) is 0. The molecule has 1 saturated heterocycles. The van der Waals surface area contributed by atoms with Crippen molar-refractivity contribution in [2.45, 2.75) is 11.8 Å². The summed E-state index contributed by atoms with van der Waals surface area (Å²) < 4.78 is 43.9. The van der Waals surface area contributed by atoms with Crippen LogP contribution in [0.15, 0.2) is 51.8 Å². The summed E-state index contributed by atoms with van der Waals surface area (Å²) in [6, 6.07) is 11.8. The highest BCUT2D eigenvalue weighted by atomic mass is 79.9. The Morgan fingerprint density at radius 3 is 2.48 bits per heavy atom. The van der Waals surface area contributed by atoms with Crippen molar-refractivity contribution in [2.75, 3.05) is 39.5 Å². The van der Waals surface area contributed by atoms with Crippen molar-refractivity contribution in [1.29, 1.82) is 0 Å². The van der Waals surface area contributed by atoms with E-state index in [2.05, 4.69) is 15.9 Å². The molecule has 1 heterocycles. The Hall–Kier alpha value is -1.94. The molecule has 0 atom stereocenters. The topological polar surface area (TPSA) is 82.1 Å². The van der Waals surface area contributed by atoms with E-state index >= 15 is 0 Å². The van der Waals surface area contributed by atoms with Gasteiger partial charge in [0, 0.05) is 17.6 Å². The maximum absolute atomic E-state index is 12.8. The molecule has 0 amide bonds. The van der Waals surface area contributed by atoms with Gasteiger partial charge in [-0.3, -0.25) is 0 Å². The summed E-state index contributed by atoms with van der Waals surface area (Å²) in [7, 11) is -3.68. The molecule has 0 saturated carbocycles. The Labute approximate surface area is 178 Å². The maximum Gasteiger partial charge on any atom is 0.338 e. The number of sulfonamides is 1. The molecule has 3 rings (SSSR count). The molecule has 0 unspecified atom stereocenters. The Bertz CT molecular complexity index is 955. The molecule has 1 fully saturated rings. The van der Waals surface area contributed by atoms with Crippen molar-refractivity contribution in [1.82, 2.24) is 4.31 Å². The van der Waals surface area contributed by atoms with Crippen molar-refractivity contribution in [2.24, 2.45) is 0 Å². The lowest BCUT2D eigenvalue weighted by molar-refractivity contribution is 0.0449. The first-order valence-electron chi connectivity index (χ1n) is 9.12. The van der Waals surface area contributed by atoms with E-state index in [4.69, 9.17) is 14.2 Å². The minimum Gasteiger partial charge on any atom is -0.490 e. The average Bonchev–Trinajstić information content (AvgIpc) is 2.73. The first kappa shape index (κ1) is 21.8. The van der Waals surface area contributed by atoms with Crippen LogP contribution >= 0.6 is 15.9 Å². The van der Waals surface area contributed by atoms with Gasteiger partial charge in [-0.05, 0) is 48.9 Å². The van der Waals surface area contributed by atoms with Gasteiger partial charge in [0.15, 0.2) is 0 Å². The normalized spacial score (nSPS) is 15.1. The number of halogens is 1. The first-order valence-corrected chi connectivity index (χ1v) is 11.4. The van der Waals surface area contributed by atoms with Gasteiger partial charge in [0.25, 0.3) is 0 Å². The third-order valence-corrected chi connectivity index (χ3v) is 6.86. The lowest BCUT2D eigenvalue weighted by Gasteiger charge is -2.26. The van der Waals surface area contributed by atoms with Crippen molar-refractivity contribution in [3.05, 3.63) is 58.1 Å². The van der Waals surface area contributed by atoms with Crippen LogP contribution in [0.4, 0.5) is 0 Å². The number of aryl methyl sites for hydroxylation is 1. The van der Waals surface area contributed by atoms with Gasteiger partial charge in [0.2, 0.25) is 10.0 Å². The first-order chi connectivity index (χ1) is 13.9. The molecule has 0 aromatic heterocycles. The number of hydrogen-bond acceptors (Lipinski definition) is 6. The molecular formula is C20H22BrNO6S. The lowest BCUT2D eigenvalue weighted by atomic mass is 10.1. The second kappa shape index (κ2) is 9.71. The monoisotopic (exact) mass is 483 g/mol. The van der Waals surface area contributed by atoms with Crippen LogP contribution in [0.3, 0.4) is 0 Å². The quantitative estimate of drug-likeness (QED) is 0.444. The Balaban J connectivity index is 1.62. The summed E-state index contributed by atoms with van der Waals surface area (Å²) in [5, 5.41) is 0. The third-order valence-electron chi connectivity index (χ3n) is 4.44. The Morgan fingerprint density at radius 1 is 1.10 bits per heavy atom. The molecule has 1 aliphatic rings. The van der Waals surface area contributed by atoms with E-state index < -0.39 is 16.0 Å². The molecule has 0 N–H and O–H groups in total. The lowest BCUT2D eigenvalue weighted by Crippen LogP contribution is -2.40. The van der Waals surface area contributed by atoms with Crippen LogP contribution < -0.4 is 4.74 Å². The number of carbonyl (C=O) groups is 1. The molecule has 0 spiro atoms. The summed E-state index contributed by atoms with van der Waals surface area (Å²) in [6.45, 7) is 3.29. The van der Waals surface area contributed by atoms with Crippen molar-refractivity contribution >= 4 is 31.9 Å². The minimum absolute atomic E-state index is 0.0504. The van der Waals surface area contributed by atoms with Gasteiger partial charge >= 0.3 is 5.97 Å². The molecule has 0 aliphatic carbocycles. The number of ether oxygens (including phenoxy) is 3. The van der Waals surface area contributed by atoms with E-state index in [0.29, 0.717) is 37.6 Å². The van der Waals surface area contributed by atoms with Crippen molar-refractivity contribution in [3.63, 3.8) is 0 Å². The highest BCUT2D eigenvalue weighted by molar-refractivity contribution is 9.10. The predicted molar refractivity (Wildman–Crippen MR) is 111 cm³/mol. The molecule has 0 radical (unpaired) electrons. The fourth-order valence-corrected chi connectivity index (χ4v) is 4.52. The van der Waals surface area contributed by atoms with Gasteiger partial charge in [0.1, 0.15) is 19.0 Å². The van der Waals surface area contributed by atoms with Gasteiger partial charge in [-0.15, -0.1) is 0 Å².